The lowest BCUT2D eigenvalue weighted by Gasteiger charge is -2.41. The molecule has 1 fully saturated rings. The first-order valence-electron chi connectivity index (χ1n) is 9.12. The fourth-order valence-electron chi connectivity index (χ4n) is 3.97. The molecule has 29 heavy (non-hydrogen) atoms. The van der Waals surface area contributed by atoms with Crippen molar-refractivity contribution in [1.82, 2.24) is 14.8 Å². The van der Waals surface area contributed by atoms with Crippen molar-refractivity contribution < 1.29 is 28.5 Å². The number of rotatable bonds is 5. The van der Waals surface area contributed by atoms with Crippen LogP contribution in [0, 0.1) is 6.92 Å². The van der Waals surface area contributed by atoms with Gasteiger partial charge in [0.15, 0.2) is 5.65 Å². The van der Waals surface area contributed by atoms with E-state index >= 15 is 0 Å². The third-order valence-electron chi connectivity index (χ3n) is 5.27. The maximum Gasteiger partial charge on any atom is 0.387 e. The van der Waals surface area contributed by atoms with Gasteiger partial charge in [0.05, 0.1) is 23.8 Å². The maximum absolute atomic E-state index is 12.5. The highest BCUT2D eigenvalue weighted by Gasteiger charge is 2.40. The maximum atomic E-state index is 12.5. The van der Waals surface area contributed by atoms with E-state index in [1.807, 2.05) is 10.8 Å². The first-order valence-corrected chi connectivity index (χ1v) is 9.12. The Hall–Kier alpha value is -2.94. The molecule has 2 N–H and O–H groups in total. The molecular weight excluding hydrogens is 384 g/mol. The molecule has 0 aliphatic heterocycles. The quantitative estimate of drug-likeness (QED) is 0.671. The fourth-order valence-corrected chi connectivity index (χ4v) is 3.97. The molecular formula is C20H21F2N3O4. The minimum atomic E-state index is -2.98. The van der Waals surface area contributed by atoms with E-state index in [0.29, 0.717) is 46.4 Å². The number of fused-ring (bicyclic) bond motifs is 1. The highest BCUT2D eigenvalue weighted by molar-refractivity contribution is 5.88. The average Bonchev–Trinajstić information content (AvgIpc) is 2.96. The molecule has 0 unspecified atom stereocenters. The van der Waals surface area contributed by atoms with Crippen LogP contribution in [0.2, 0.25) is 0 Å². The molecule has 0 radical (unpaired) electrons. The molecule has 2 heterocycles. The summed E-state index contributed by atoms with van der Waals surface area (Å²) in [7, 11) is 1.55. The molecule has 154 valence electrons. The van der Waals surface area contributed by atoms with Gasteiger partial charge in [-0.05, 0) is 44.4 Å². The number of hydrogen-bond donors (Lipinski definition) is 2. The molecule has 0 atom stereocenters. The minimum absolute atomic E-state index is 0.0949. The van der Waals surface area contributed by atoms with E-state index in [1.54, 1.807) is 27.0 Å². The number of aromatic hydroxyl groups is 1. The van der Waals surface area contributed by atoms with E-state index in [0.717, 1.165) is 6.07 Å². The predicted molar refractivity (Wildman–Crippen MR) is 101 cm³/mol. The van der Waals surface area contributed by atoms with E-state index in [4.69, 9.17) is 4.74 Å². The van der Waals surface area contributed by atoms with Crippen molar-refractivity contribution in [3.8, 4) is 28.5 Å². The number of benzene rings is 1. The van der Waals surface area contributed by atoms with Crippen molar-refractivity contribution in [2.45, 2.75) is 44.9 Å². The van der Waals surface area contributed by atoms with Gasteiger partial charge >= 0.3 is 6.61 Å². The predicted octanol–water partition coefficient (Wildman–Crippen LogP) is 3.81. The van der Waals surface area contributed by atoms with Crippen LogP contribution in [0.15, 0.2) is 24.4 Å². The number of methoxy groups -OCH3 is 1. The van der Waals surface area contributed by atoms with Crippen molar-refractivity contribution in [3.05, 3.63) is 30.0 Å². The summed E-state index contributed by atoms with van der Waals surface area (Å²) in [6.45, 7) is 0.480. The summed E-state index contributed by atoms with van der Waals surface area (Å²) in [5.41, 5.74) is 1.20. The van der Waals surface area contributed by atoms with E-state index in [1.165, 1.54) is 6.07 Å². The van der Waals surface area contributed by atoms with E-state index in [9.17, 15) is 19.0 Å². The lowest BCUT2D eigenvalue weighted by Crippen LogP contribution is -2.41. The van der Waals surface area contributed by atoms with Gasteiger partial charge < -0.3 is 24.3 Å². The molecule has 0 amide bonds. The first kappa shape index (κ1) is 19.4. The standard InChI is InChI=1S/C20H21F2N3O4/c1-10-4-12(29-19(21)22)5-15(26)17(10)14-6-13-16(28-3)9-25(18(13)24-23-14)11-7-20(2,27)8-11/h4-6,9,11,19,26-27H,7-8H2,1-3H3. The van der Waals surface area contributed by atoms with Gasteiger partial charge in [-0.15, -0.1) is 10.2 Å². The molecule has 7 nitrogen and oxygen atoms in total. The van der Waals surface area contributed by atoms with Crippen LogP contribution in [0.4, 0.5) is 8.78 Å². The summed E-state index contributed by atoms with van der Waals surface area (Å²) in [6.07, 6.45) is 3.04. The van der Waals surface area contributed by atoms with Gasteiger partial charge in [0.25, 0.3) is 0 Å². The summed E-state index contributed by atoms with van der Waals surface area (Å²) < 4.78 is 36.7. The van der Waals surface area contributed by atoms with Crippen LogP contribution in [0.3, 0.4) is 0 Å². The molecule has 0 bridgehead atoms. The van der Waals surface area contributed by atoms with Crippen molar-refractivity contribution in [2.24, 2.45) is 0 Å². The number of aliphatic hydroxyl groups is 1. The normalized spacial score (nSPS) is 21.4. The number of ether oxygens (including phenoxy) is 2. The zero-order valence-corrected chi connectivity index (χ0v) is 16.2. The molecule has 0 saturated heterocycles. The number of alkyl halides is 2. The van der Waals surface area contributed by atoms with Crippen LogP contribution >= 0.6 is 0 Å². The molecule has 4 rings (SSSR count). The van der Waals surface area contributed by atoms with Crippen molar-refractivity contribution >= 4 is 11.0 Å². The second kappa shape index (κ2) is 6.84. The summed E-state index contributed by atoms with van der Waals surface area (Å²) in [5.74, 6) is 0.230. The largest absolute Gasteiger partial charge is 0.507 e. The Morgan fingerprint density at radius 2 is 1.97 bits per heavy atom. The molecule has 0 spiro atoms. The van der Waals surface area contributed by atoms with Gasteiger partial charge in [0.2, 0.25) is 0 Å². The molecule has 9 heteroatoms. The highest BCUT2D eigenvalue weighted by Crippen LogP contribution is 2.44. The van der Waals surface area contributed by atoms with Crippen LogP contribution < -0.4 is 9.47 Å². The lowest BCUT2D eigenvalue weighted by molar-refractivity contribution is -0.0505. The van der Waals surface area contributed by atoms with Gasteiger partial charge in [-0.1, -0.05) is 0 Å². The number of hydrogen-bond acceptors (Lipinski definition) is 6. The molecule has 1 saturated carbocycles. The number of nitrogens with zero attached hydrogens (tertiary/aromatic N) is 3. The van der Waals surface area contributed by atoms with E-state index in [-0.39, 0.29) is 17.5 Å². The SMILES string of the molecule is COc1cn(C2CC(C)(O)C2)c2nnc(-c3c(C)cc(OC(F)F)cc3O)cc12. The smallest absolute Gasteiger partial charge is 0.387 e. The summed E-state index contributed by atoms with van der Waals surface area (Å²) in [5, 5.41) is 29.7. The highest BCUT2D eigenvalue weighted by atomic mass is 19.3. The third-order valence-corrected chi connectivity index (χ3v) is 5.27. The Labute approximate surface area is 165 Å². The van der Waals surface area contributed by atoms with Gasteiger partial charge in [0.1, 0.15) is 17.2 Å². The Balaban J connectivity index is 1.77. The molecule has 2 aromatic heterocycles. The summed E-state index contributed by atoms with van der Waals surface area (Å²) in [6, 6.07) is 4.37. The topological polar surface area (TPSA) is 89.6 Å². The zero-order chi connectivity index (χ0) is 20.9. The Morgan fingerprint density at radius 1 is 1.24 bits per heavy atom. The monoisotopic (exact) mass is 405 g/mol. The molecule has 1 aromatic carbocycles. The van der Waals surface area contributed by atoms with Crippen LogP contribution in [0.5, 0.6) is 17.2 Å². The van der Waals surface area contributed by atoms with Crippen molar-refractivity contribution in [2.75, 3.05) is 7.11 Å². The Kier molecular flexibility index (Phi) is 4.57. The van der Waals surface area contributed by atoms with Gasteiger partial charge in [-0.3, -0.25) is 0 Å². The van der Waals surface area contributed by atoms with Gasteiger partial charge in [0, 0.05) is 23.9 Å². The van der Waals surface area contributed by atoms with Crippen molar-refractivity contribution in [3.63, 3.8) is 0 Å². The second-order valence-corrected chi connectivity index (χ2v) is 7.64. The Morgan fingerprint density at radius 3 is 2.55 bits per heavy atom. The second-order valence-electron chi connectivity index (χ2n) is 7.64. The van der Waals surface area contributed by atoms with Crippen molar-refractivity contribution in [1.29, 1.82) is 0 Å². The van der Waals surface area contributed by atoms with E-state index in [2.05, 4.69) is 14.9 Å². The van der Waals surface area contributed by atoms with Crippen LogP contribution in [-0.4, -0.2) is 44.3 Å². The number of aromatic nitrogens is 3. The van der Waals surface area contributed by atoms with Crippen LogP contribution in [0.1, 0.15) is 31.4 Å². The number of halogens is 2. The molecule has 1 aliphatic rings. The number of aryl methyl sites for hydroxylation is 1. The Bertz CT molecular complexity index is 1050. The number of phenols is 1. The van der Waals surface area contributed by atoms with Crippen LogP contribution in [-0.2, 0) is 0 Å². The molecule has 1 aliphatic carbocycles. The van der Waals surface area contributed by atoms with Crippen LogP contribution in [0.25, 0.3) is 22.3 Å². The third kappa shape index (κ3) is 3.46. The zero-order valence-electron chi connectivity index (χ0n) is 16.2. The summed E-state index contributed by atoms with van der Waals surface area (Å²) >= 11 is 0. The summed E-state index contributed by atoms with van der Waals surface area (Å²) in [4.78, 5) is 0. The van der Waals surface area contributed by atoms with E-state index < -0.39 is 12.2 Å². The van der Waals surface area contributed by atoms with Gasteiger partial charge in [-0.2, -0.15) is 8.78 Å². The average molecular weight is 405 g/mol. The lowest BCUT2D eigenvalue weighted by atomic mass is 9.77. The fraction of sp³-hybridized carbons (Fsp3) is 0.400. The first-order chi connectivity index (χ1) is 13.7. The number of phenolic OH excluding ortho intramolecular Hbond substituents is 1. The molecule has 3 aromatic rings. The van der Waals surface area contributed by atoms with Gasteiger partial charge in [-0.25, -0.2) is 0 Å². The minimum Gasteiger partial charge on any atom is -0.507 e.